The first-order chi connectivity index (χ1) is 16.0. The fraction of sp³-hybridized carbons (Fsp3) is 0.360. The molecule has 1 fully saturated rings. The van der Waals surface area contributed by atoms with Crippen LogP contribution >= 0.6 is 11.6 Å². The third-order valence-electron chi connectivity index (χ3n) is 5.96. The van der Waals surface area contributed by atoms with Gasteiger partial charge in [0.1, 0.15) is 0 Å². The molecule has 2 heterocycles. The number of nitrogens with zero attached hydrogens (tertiary/aromatic N) is 2. The standard InChI is InChI=1S/C25H29ClN4O3/c1-2-33-24(31)22-21(27-25(32)28-23(22)19-10-6-7-11-20(19)26)17-30-14-12-29(13-15-30)16-18-8-4-3-5-9-18/h3-11,23H,2,12-17H2,1H3,(H2,27,28,32)/t23-/m1/s1. The molecule has 0 aliphatic carbocycles. The van der Waals surface area contributed by atoms with Gasteiger partial charge in [0.15, 0.2) is 0 Å². The van der Waals surface area contributed by atoms with Crippen molar-refractivity contribution in [3.8, 4) is 0 Å². The number of carbonyl (C=O) groups is 2. The minimum absolute atomic E-state index is 0.247. The average molecular weight is 469 g/mol. The molecule has 174 valence electrons. The second kappa shape index (κ2) is 10.8. The summed E-state index contributed by atoms with van der Waals surface area (Å²) >= 11 is 6.41. The quantitative estimate of drug-likeness (QED) is 0.610. The topological polar surface area (TPSA) is 73.9 Å². The number of piperazine rings is 1. The molecule has 0 saturated carbocycles. The highest BCUT2D eigenvalue weighted by Crippen LogP contribution is 2.32. The van der Waals surface area contributed by atoms with Gasteiger partial charge in [0.2, 0.25) is 0 Å². The molecule has 0 unspecified atom stereocenters. The summed E-state index contributed by atoms with van der Waals surface area (Å²) in [7, 11) is 0. The van der Waals surface area contributed by atoms with E-state index in [0.717, 1.165) is 32.7 Å². The molecule has 0 spiro atoms. The lowest BCUT2D eigenvalue weighted by Crippen LogP contribution is -2.51. The maximum atomic E-state index is 13.0. The maximum Gasteiger partial charge on any atom is 0.338 e. The molecule has 0 radical (unpaired) electrons. The van der Waals surface area contributed by atoms with Gasteiger partial charge in [-0.25, -0.2) is 9.59 Å². The van der Waals surface area contributed by atoms with Crippen molar-refractivity contribution in [2.24, 2.45) is 0 Å². The van der Waals surface area contributed by atoms with Crippen molar-refractivity contribution in [1.29, 1.82) is 0 Å². The second-order valence-corrected chi connectivity index (χ2v) is 8.61. The molecule has 33 heavy (non-hydrogen) atoms. The van der Waals surface area contributed by atoms with Crippen molar-refractivity contribution in [2.75, 3.05) is 39.3 Å². The molecular formula is C25H29ClN4O3. The van der Waals surface area contributed by atoms with Crippen molar-refractivity contribution in [1.82, 2.24) is 20.4 Å². The summed E-state index contributed by atoms with van der Waals surface area (Å²) in [5.41, 5.74) is 2.93. The summed E-state index contributed by atoms with van der Waals surface area (Å²) in [4.78, 5) is 30.2. The SMILES string of the molecule is CCOC(=O)C1=C(CN2CCN(Cc3ccccc3)CC2)NC(=O)N[C@@H]1c1ccccc1Cl. The van der Waals surface area contributed by atoms with Crippen LogP contribution in [0.15, 0.2) is 65.9 Å². The second-order valence-electron chi connectivity index (χ2n) is 8.20. The van der Waals surface area contributed by atoms with Crippen LogP contribution < -0.4 is 10.6 Å². The largest absolute Gasteiger partial charge is 0.463 e. The Morgan fingerprint density at radius 2 is 1.64 bits per heavy atom. The number of hydrogen-bond donors (Lipinski definition) is 2. The Balaban J connectivity index is 1.52. The molecule has 2 aromatic rings. The first-order valence-electron chi connectivity index (χ1n) is 11.3. The predicted molar refractivity (Wildman–Crippen MR) is 128 cm³/mol. The first-order valence-corrected chi connectivity index (χ1v) is 11.6. The third kappa shape index (κ3) is 5.74. The van der Waals surface area contributed by atoms with Gasteiger partial charge in [-0.2, -0.15) is 0 Å². The molecule has 8 heteroatoms. The van der Waals surface area contributed by atoms with E-state index in [1.165, 1.54) is 5.56 Å². The number of urea groups is 1. The summed E-state index contributed by atoms with van der Waals surface area (Å²) in [6.07, 6.45) is 0. The normalized spacial score (nSPS) is 19.7. The van der Waals surface area contributed by atoms with E-state index in [1.54, 1.807) is 13.0 Å². The number of amides is 2. The van der Waals surface area contributed by atoms with Gasteiger partial charge in [0, 0.05) is 50.0 Å². The Labute approximate surface area is 199 Å². The zero-order valence-corrected chi connectivity index (χ0v) is 19.5. The lowest BCUT2D eigenvalue weighted by Gasteiger charge is -2.37. The highest BCUT2D eigenvalue weighted by molar-refractivity contribution is 6.31. The van der Waals surface area contributed by atoms with Crippen molar-refractivity contribution in [2.45, 2.75) is 19.5 Å². The lowest BCUT2D eigenvalue weighted by molar-refractivity contribution is -0.139. The van der Waals surface area contributed by atoms with Crippen LogP contribution in [0.2, 0.25) is 5.02 Å². The number of halogens is 1. The minimum atomic E-state index is -0.666. The van der Waals surface area contributed by atoms with Gasteiger partial charge >= 0.3 is 12.0 Å². The van der Waals surface area contributed by atoms with Gasteiger partial charge in [-0.05, 0) is 24.1 Å². The summed E-state index contributed by atoms with van der Waals surface area (Å²) in [6.45, 7) is 6.90. The van der Waals surface area contributed by atoms with Crippen LogP contribution in [0.4, 0.5) is 4.79 Å². The van der Waals surface area contributed by atoms with E-state index in [1.807, 2.05) is 24.3 Å². The Bertz CT molecular complexity index is 1020. The van der Waals surface area contributed by atoms with Gasteiger partial charge in [-0.15, -0.1) is 0 Å². The van der Waals surface area contributed by atoms with Gasteiger partial charge in [-0.3, -0.25) is 9.80 Å². The van der Waals surface area contributed by atoms with Crippen molar-refractivity contribution in [3.05, 3.63) is 82.0 Å². The third-order valence-corrected chi connectivity index (χ3v) is 6.31. The van der Waals surface area contributed by atoms with Crippen molar-refractivity contribution >= 4 is 23.6 Å². The molecule has 2 aromatic carbocycles. The number of carbonyl (C=O) groups excluding carboxylic acids is 2. The van der Waals surface area contributed by atoms with Crippen molar-refractivity contribution < 1.29 is 14.3 Å². The van der Waals surface area contributed by atoms with Gasteiger partial charge < -0.3 is 15.4 Å². The maximum absolute atomic E-state index is 13.0. The van der Waals surface area contributed by atoms with Crippen LogP contribution in [-0.2, 0) is 16.1 Å². The fourth-order valence-electron chi connectivity index (χ4n) is 4.31. The molecule has 2 aliphatic rings. The highest BCUT2D eigenvalue weighted by atomic mass is 35.5. The number of benzene rings is 2. The highest BCUT2D eigenvalue weighted by Gasteiger charge is 2.35. The van der Waals surface area contributed by atoms with E-state index >= 15 is 0 Å². The van der Waals surface area contributed by atoms with Gasteiger partial charge in [0.25, 0.3) is 0 Å². The van der Waals surface area contributed by atoms with E-state index in [9.17, 15) is 9.59 Å². The Kier molecular flexibility index (Phi) is 7.65. The van der Waals surface area contributed by atoms with E-state index in [-0.39, 0.29) is 12.6 Å². The monoisotopic (exact) mass is 468 g/mol. The molecule has 0 bridgehead atoms. The summed E-state index contributed by atoms with van der Waals surface area (Å²) < 4.78 is 5.35. The number of nitrogens with one attached hydrogen (secondary N) is 2. The minimum Gasteiger partial charge on any atom is -0.463 e. The molecule has 7 nitrogen and oxygen atoms in total. The van der Waals surface area contributed by atoms with Crippen LogP contribution in [-0.4, -0.2) is 61.1 Å². The molecule has 2 aliphatic heterocycles. The van der Waals surface area contributed by atoms with Gasteiger partial charge in [-0.1, -0.05) is 60.1 Å². The Morgan fingerprint density at radius 3 is 2.30 bits per heavy atom. The van der Waals surface area contributed by atoms with E-state index in [2.05, 4.69) is 44.7 Å². The van der Waals surface area contributed by atoms with Crippen LogP contribution in [0.5, 0.6) is 0 Å². The summed E-state index contributed by atoms with van der Waals surface area (Å²) in [6, 6.07) is 16.6. The van der Waals surface area contributed by atoms with Crippen LogP contribution in [0.1, 0.15) is 24.1 Å². The smallest absolute Gasteiger partial charge is 0.338 e. The molecular weight excluding hydrogens is 440 g/mol. The number of ether oxygens (including phenoxy) is 1. The molecule has 2 amide bonds. The molecule has 1 saturated heterocycles. The zero-order chi connectivity index (χ0) is 23.2. The van der Waals surface area contributed by atoms with Crippen LogP contribution in [0, 0.1) is 0 Å². The van der Waals surface area contributed by atoms with E-state index in [0.29, 0.717) is 28.4 Å². The molecule has 4 rings (SSSR count). The van der Waals surface area contributed by atoms with Crippen LogP contribution in [0.3, 0.4) is 0 Å². The predicted octanol–water partition coefficient (Wildman–Crippen LogP) is 3.33. The lowest BCUT2D eigenvalue weighted by atomic mass is 9.94. The van der Waals surface area contributed by atoms with Crippen LogP contribution in [0.25, 0.3) is 0 Å². The summed E-state index contributed by atoms with van der Waals surface area (Å²) in [5, 5.41) is 6.18. The summed E-state index contributed by atoms with van der Waals surface area (Å²) in [5.74, 6) is -0.451. The number of hydrogen-bond acceptors (Lipinski definition) is 5. The molecule has 1 atom stereocenters. The number of rotatable bonds is 7. The first kappa shape index (κ1) is 23.3. The Morgan fingerprint density at radius 1 is 1.00 bits per heavy atom. The van der Waals surface area contributed by atoms with Gasteiger partial charge in [0.05, 0.1) is 18.2 Å². The molecule has 0 aromatic heterocycles. The van der Waals surface area contributed by atoms with E-state index < -0.39 is 12.0 Å². The van der Waals surface area contributed by atoms with E-state index in [4.69, 9.17) is 16.3 Å². The average Bonchev–Trinajstić information content (AvgIpc) is 2.81. The molecule has 2 N–H and O–H groups in total. The fourth-order valence-corrected chi connectivity index (χ4v) is 4.55. The Hall–Kier alpha value is -2.87. The zero-order valence-electron chi connectivity index (χ0n) is 18.7. The number of esters is 1. The van der Waals surface area contributed by atoms with Crippen molar-refractivity contribution in [3.63, 3.8) is 0 Å².